The Morgan fingerprint density at radius 2 is 1.79 bits per heavy atom. The summed E-state index contributed by atoms with van der Waals surface area (Å²) in [5.41, 5.74) is 1.30. The molecule has 0 saturated carbocycles. The van der Waals surface area contributed by atoms with Crippen molar-refractivity contribution < 1.29 is 23.8 Å². The van der Waals surface area contributed by atoms with Gasteiger partial charge in [0.1, 0.15) is 11.9 Å². The number of carbonyl (C=O) groups is 2. The third-order valence-electron chi connectivity index (χ3n) is 5.58. The van der Waals surface area contributed by atoms with Crippen LogP contribution < -0.4 is 29.6 Å². The second-order valence-electron chi connectivity index (χ2n) is 7.82. The number of nitrogens with zero attached hydrogens (tertiary/aromatic N) is 4. The van der Waals surface area contributed by atoms with Gasteiger partial charge in [0.05, 0.1) is 32.5 Å². The molecular weight excluding hydrogens is 442 g/mol. The molecule has 4 rings (SSSR count). The van der Waals surface area contributed by atoms with Crippen molar-refractivity contribution in [2.24, 2.45) is 0 Å². The minimum atomic E-state index is -0.394. The highest BCUT2D eigenvalue weighted by Gasteiger charge is 2.34. The first-order valence-electron chi connectivity index (χ1n) is 10.4. The summed E-state index contributed by atoms with van der Waals surface area (Å²) in [6.07, 6.45) is 0. The third-order valence-corrected chi connectivity index (χ3v) is 5.58. The fourth-order valence-corrected chi connectivity index (χ4v) is 3.95. The lowest BCUT2D eigenvalue weighted by Gasteiger charge is -2.20. The van der Waals surface area contributed by atoms with Crippen LogP contribution in [-0.4, -0.2) is 68.8 Å². The molecule has 0 unspecified atom stereocenters. The zero-order valence-corrected chi connectivity index (χ0v) is 19.5. The first-order valence-corrected chi connectivity index (χ1v) is 10.4. The van der Waals surface area contributed by atoms with E-state index in [0.717, 1.165) is 10.5 Å². The van der Waals surface area contributed by atoms with E-state index in [1.165, 1.54) is 26.2 Å². The monoisotopic (exact) mass is 467 g/mol. The molecule has 1 aliphatic heterocycles. The number of ether oxygens (including phenoxy) is 3. The molecule has 0 aliphatic carbocycles. The second-order valence-corrected chi connectivity index (χ2v) is 7.82. The van der Waals surface area contributed by atoms with Gasteiger partial charge in [0.25, 0.3) is 11.5 Å². The van der Waals surface area contributed by atoms with Gasteiger partial charge in [-0.2, -0.15) is 0 Å². The summed E-state index contributed by atoms with van der Waals surface area (Å²) in [6.45, 7) is 0.404. The van der Waals surface area contributed by atoms with Crippen LogP contribution in [0.2, 0.25) is 0 Å². The van der Waals surface area contributed by atoms with Crippen molar-refractivity contribution in [3.05, 3.63) is 46.2 Å². The first-order chi connectivity index (χ1) is 16.3. The van der Waals surface area contributed by atoms with E-state index in [0.29, 0.717) is 35.2 Å². The molecule has 3 amide bonds. The molecule has 0 radical (unpaired) electrons. The summed E-state index contributed by atoms with van der Waals surface area (Å²) in [5.74, 6) is 0.968. The Morgan fingerprint density at radius 1 is 1.06 bits per heavy atom. The molecule has 11 heteroatoms. The molecule has 11 nitrogen and oxygen atoms in total. The molecule has 1 aromatic heterocycles. The fraction of sp³-hybridized carbons (Fsp3) is 0.304. The predicted octanol–water partition coefficient (Wildman–Crippen LogP) is 1.98. The number of benzene rings is 2. The summed E-state index contributed by atoms with van der Waals surface area (Å²) >= 11 is 0. The van der Waals surface area contributed by atoms with Crippen LogP contribution in [0.5, 0.6) is 17.2 Å². The molecule has 3 aromatic rings. The summed E-state index contributed by atoms with van der Waals surface area (Å²) in [4.78, 5) is 49.2. The Hall–Kier alpha value is -4.28. The molecule has 0 bridgehead atoms. The number of urea groups is 1. The SMILES string of the molecule is COc1cc2nc(N(C)Cc3cccc(N4C(=O)CN(C)C4=O)c3)[nH]c(=O)c2c(OC)c1OC. The van der Waals surface area contributed by atoms with E-state index in [2.05, 4.69) is 9.97 Å². The number of nitrogens with one attached hydrogen (secondary N) is 1. The van der Waals surface area contributed by atoms with Crippen LogP contribution >= 0.6 is 0 Å². The van der Waals surface area contributed by atoms with E-state index in [4.69, 9.17) is 14.2 Å². The average molecular weight is 467 g/mol. The Labute approximate surface area is 195 Å². The highest BCUT2D eigenvalue weighted by atomic mass is 16.5. The number of carbonyl (C=O) groups excluding carboxylic acids is 2. The second kappa shape index (κ2) is 8.93. The number of likely N-dealkylation sites (N-methyl/N-ethyl adjacent to an activating group) is 1. The van der Waals surface area contributed by atoms with E-state index in [9.17, 15) is 14.4 Å². The highest BCUT2D eigenvalue weighted by Crippen LogP contribution is 2.41. The number of hydrogen-bond donors (Lipinski definition) is 1. The smallest absolute Gasteiger partial charge is 0.331 e. The quantitative estimate of drug-likeness (QED) is 0.524. The number of fused-ring (bicyclic) bond motifs is 1. The van der Waals surface area contributed by atoms with Crippen LogP contribution in [0.4, 0.5) is 16.4 Å². The zero-order chi connectivity index (χ0) is 24.6. The molecule has 1 aliphatic rings. The van der Waals surface area contributed by atoms with E-state index in [-0.39, 0.29) is 29.6 Å². The number of methoxy groups -OCH3 is 3. The molecule has 1 N–H and O–H groups in total. The number of imide groups is 1. The predicted molar refractivity (Wildman–Crippen MR) is 126 cm³/mol. The highest BCUT2D eigenvalue weighted by molar-refractivity contribution is 6.19. The standard InChI is InChI=1S/C23H25N5O6/c1-26(11-13-7-6-8-14(9-13)28-17(29)12-27(2)23(28)31)22-24-15-10-16(32-3)19(33-4)20(34-5)18(15)21(30)25-22/h6-10H,11-12H2,1-5H3,(H,24,25,30). The van der Waals surface area contributed by atoms with Crippen molar-refractivity contribution in [1.82, 2.24) is 14.9 Å². The van der Waals surface area contributed by atoms with Gasteiger partial charge in [-0.3, -0.25) is 14.6 Å². The Balaban J connectivity index is 1.68. The number of H-pyrrole nitrogens is 1. The van der Waals surface area contributed by atoms with Crippen molar-refractivity contribution >= 4 is 34.5 Å². The lowest BCUT2D eigenvalue weighted by atomic mass is 10.1. The summed E-state index contributed by atoms with van der Waals surface area (Å²) in [6, 6.07) is 8.36. The van der Waals surface area contributed by atoms with Gasteiger partial charge in [-0.1, -0.05) is 12.1 Å². The molecule has 1 fully saturated rings. The van der Waals surface area contributed by atoms with Crippen LogP contribution in [0.3, 0.4) is 0 Å². The number of hydrogen-bond acceptors (Lipinski definition) is 8. The van der Waals surface area contributed by atoms with Crippen LogP contribution in [0.15, 0.2) is 35.1 Å². The molecule has 2 aromatic carbocycles. The molecule has 0 atom stereocenters. The topological polar surface area (TPSA) is 117 Å². The van der Waals surface area contributed by atoms with Crippen LogP contribution in [0, 0.1) is 0 Å². The number of aromatic amines is 1. The van der Waals surface area contributed by atoms with Crippen molar-refractivity contribution in [1.29, 1.82) is 0 Å². The van der Waals surface area contributed by atoms with E-state index in [1.54, 1.807) is 43.3 Å². The number of aromatic nitrogens is 2. The maximum atomic E-state index is 13.0. The molecule has 2 heterocycles. The summed E-state index contributed by atoms with van der Waals surface area (Å²) in [7, 11) is 7.75. The lowest BCUT2D eigenvalue weighted by molar-refractivity contribution is -0.116. The Kier molecular flexibility index (Phi) is 6.01. The van der Waals surface area contributed by atoms with Gasteiger partial charge >= 0.3 is 6.03 Å². The van der Waals surface area contributed by atoms with Crippen molar-refractivity contribution in [2.75, 3.05) is 51.8 Å². The fourth-order valence-electron chi connectivity index (χ4n) is 3.95. The first kappa shape index (κ1) is 22.9. The van der Waals surface area contributed by atoms with Crippen LogP contribution in [0.25, 0.3) is 10.9 Å². The molecular formula is C23H25N5O6. The number of anilines is 2. The minimum absolute atomic E-state index is 0.0446. The average Bonchev–Trinajstić information content (AvgIpc) is 3.08. The summed E-state index contributed by atoms with van der Waals surface area (Å²) in [5, 5.41) is 0.245. The van der Waals surface area contributed by atoms with Gasteiger partial charge in [-0.15, -0.1) is 0 Å². The zero-order valence-electron chi connectivity index (χ0n) is 19.5. The molecule has 1 saturated heterocycles. The van der Waals surface area contributed by atoms with Crippen molar-refractivity contribution in [3.8, 4) is 17.2 Å². The van der Waals surface area contributed by atoms with E-state index < -0.39 is 5.56 Å². The molecule has 178 valence electrons. The number of amides is 3. The minimum Gasteiger partial charge on any atom is -0.493 e. The van der Waals surface area contributed by atoms with Crippen LogP contribution in [-0.2, 0) is 11.3 Å². The van der Waals surface area contributed by atoms with Gasteiger partial charge < -0.3 is 24.0 Å². The largest absolute Gasteiger partial charge is 0.493 e. The Morgan fingerprint density at radius 3 is 2.41 bits per heavy atom. The van der Waals surface area contributed by atoms with Gasteiger partial charge in [0.2, 0.25) is 11.7 Å². The Bertz CT molecular complexity index is 1340. The normalized spacial score (nSPS) is 13.6. The molecule has 34 heavy (non-hydrogen) atoms. The number of rotatable bonds is 7. The molecule has 0 spiro atoms. The summed E-state index contributed by atoms with van der Waals surface area (Å²) < 4.78 is 16.1. The lowest BCUT2D eigenvalue weighted by Crippen LogP contribution is -2.31. The maximum absolute atomic E-state index is 13.0. The van der Waals surface area contributed by atoms with Crippen LogP contribution in [0.1, 0.15) is 5.56 Å². The van der Waals surface area contributed by atoms with Crippen molar-refractivity contribution in [2.45, 2.75) is 6.54 Å². The van der Waals surface area contributed by atoms with E-state index >= 15 is 0 Å². The van der Waals surface area contributed by atoms with Gasteiger partial charge in [-0.25, -0.2) is 14.7 Å². The van der Waals surface area contributed by atoms with Gasteiger partial charge in [0, 0.05) is 26.7 Å². The van der Waals surface area contributed by atoms with Gasteiger partial charge in [-0.05, 0) is 17.7 Å². The van der Waals surface area contributed by atoms with E-state index in [1.807, 2.05) is 6.07 Å². The van der Waals surface area contributed by atoms with Crippen molar-refractivity contribution in [3.63, 3.8) is 0 Å². The third kappa shape index (κ3) is 3.85. The maximum Gasteiger partial charge on any atom is 0.331 e. The van der Waals surface area contributed by atoms with Gasteiger partial charge in [0.15, 0.2) is 11.5 Å².